The Morgan fingerprint density at radius 2 is 1.50 bits per heavy atom. The highest BCUT2D eigenvalue weighted by Gasteiger charge is 2.29. The van der Waals surface area contributed by atoms with E-state index >= 15 is 0 Å². The number of halogens is 2. The van der Waals surface area contributed by atoms with Crippen molar-refractivity contribution >= 4 is 35.0 Å². The van der Waals surface area contributed by atoms with E-state index in [0.717, 1.165) is 17.5 Å². The molecule has 0 aliphatic heterocycles. The molecule has 6 heteroatoms. The second kappa shape index (κ2) is 12.0. The molecule has 0 radical (unpaired) electrons. The number of carbonyl (C=O) groups excluding carboxylic acids is 2. The van der Waals surface area contributed by atoms with E-state index < -0.39 is 6.04 Å². The molecule has 2 amide bonds. The lowest BCUT2D eigenvalue weighted by Gasteiger charge is -2.32. The summed E-state index contributed by atoms with van der Waals surface area (Å²) in [5, 5.41) is 4.24. The third-order valence-electron chi connectivity index (χ3n) is 5.25. The lowest BCUT2D eigenvalue weighted by atomic mass is 10.1. The molecule has 2 aromatic carbocycles. The van der Waals surface area contributed by atoms with Crippen molar-refractivity contribution in [2.24, 2.45) is 0 Å². The molecular formula is C24H30Cl2N2O2. The first-order valence-corrected chi connectivity index (χ1v) is 11.2. The minimum atomic E-state index is -0.561. The molecule has 0 bridgehead atoms. The third-order valence-corrected chi connectivity index (χ3v) is 5.99. The average molecular weight is 449 g/mol. The van der Waals surface area contributed by atoms with Crippen LogP contribution in [0.15, 0.2) is 48.5 Å². The summed E-state index contributed by atoms with van der Waals surface area (Å²) in [7, 11) is 0. The molecule has 30 heavy (non-hydrogen) atoms. The maximum Gasteiger partial charge on any atom is 0.243 e. The molecule has 0 aromatic heterocycles. The second-order valence-corrected chi connectivity index (χ2v) is 8.26. The van der Waals surface area contributed by atoms with Gasteiger partial charge in [-0.05, 0) is 49.4 Å². The van der Waals surface area contributed by atoms with Gasteiger partial charge >= 0.3 is 0 Å². The van der Waals surface area contributed by atoms with Crippen molar-refractivity contribution in [3.8, 4) is 0 Å². The molecule has 0 unspecified atom stereocenters. The number of aryl methyl sites for hydroxylation is 1. The van der Waals surface area contributed by atoms with Crippen molar-refractivity contribution in [3.63, 3.8) is 0 Å². The Morgan fingerprint density at radius 1 is 0.933 bits per heavy atom. The number of hydrogen-bond donors (Lipinski definition) is 1. The van der Waals surface area contributed by atoms with Gasteiger partial charge in [-0.1, -0.05) is 73.4 Å². The first kappa shape index (κ1) is 24.2. The summed E-state index contributed by atoms with van der Waals surface area (Å²) >= 11 is 12.6. The van der Waals surface area contributed by atoms with Crippen molar-refractivity contribution in [2.75, 3.05) is 0 Å². The van der Waals surface area contributed by atoms with Crippen LogP contribution in [0.5, 0.6) is 0 Å². The lowest BCUT2D eigenvalue weighted by Crippen LogP contribution is -2.50. The number of amides is 2. The molecule has 0 heterocycles. The largest absolute Gasteiger partial charge is 0.352 e. The summed E-state index contributed by atoms with van der Waals surface area (Å²) in [6.45, 7) is 6.18. The van der Waals surface area contributed by atoms with E-state index in [9.17, 15) is 9.59 Å². The monoisotopic (exact) mass is 448 g/mol. The quantitative estimate of drug-likeness (QED) is 0.510. The van der Waals surface area contributed by atoms with Gasteiger partial charge in [0.15, 0.2) is 0 Å². The molecular weight excluding hydrogens is 419 g/mol. The Labute approximate surface area is 189 Å². The fourth-order valence-electron chi connectivity index (χ4n) is 3.26. The van der Waals surface area contributed by atoms with E-state index in [0.29, 0.717) is 22.9 Å². The highest BCUT2D eigenvalue weighted by atomic mass is 35.5. The fourth-order valence-corrected chi connectivity index (χ4v) is 3.68. The van der Waals surface area contributed by atoms with E-state index in [1.807, 2.05) is 63.2 Å². The molecule has 2 aromatic rings. The van der Waals surface area contributed by atoms with Crippen LogP contribution in [0.1, 0.15) is 51.2 Å². The highest BCUT2D eigenvalue weighted by Crippen LogP contribution is 2.22. The summed E-state index contributed by atoms with van der Waals surface area (Å²) in [4.78, 5) is 27.8. The van der Waals surface area contributed by atoms with Crippen LogP contribution >= 0.6 is 23.2 Å². The molecule has 2 rings (SSSR count). The Hall–Kier alpha value is -2.04. The van der Waals surface area contributed by atoms with Gasteiger partial charge in [0.1, 0.15) is 6.04 Å². The summed E-state index contributed by atoms with van der Waals surface area (Å²) in [6, 6.07) is 14.4. The van der Waals surface area contributed by atoms with E-state index in [4.69, 9.17) is 23.2 Å². The van der Waals surface area contributed by atoms with Crippen LogP contribution in [-0.2, 0) is 22.6 Å². The number of benzene rings is 2. The van der Waals surface area contributed by atoms with Crippen molar-refractivity contribution in [1.29, 1.82) is 0 Å². The second-order valence-electron chi connectivity index (χ2n) is 7.45. The van der Waals surface area contributed by atoms with Gasteiger partial charge in [0.25, 0.3) is 0 Å². The van der Waals surface area contributed by atoms with Crippen LogP contribution in [0.4, 0.5) is 0 Å². The zero-order valence-corrected chi connectivity index (χ0v) is 19.3. The van der Waals surface area contributed by atoms with Crippen LogP contribution in [0, 0.1) is 0 Å². The first-order chi connectivity index (χ1) is 14.4. The summed E-state index contributed by atoms with van der Waals surface area (Å²) < 4.78 is 0. The number of hydrogen-bond acceptors (Lipinski definition) is 2. The molecule has 0 aliphatic carbocycles. The molecule has 4 nitrogen and oxygen atoms in total. The van der Waals surface area contributed by atoms with Gasteiger partial charge in [0.05, 0.1) is 0 Å². The SMILES string of the molecule is CC[C@@H](C)NC(=O)[C@@H](CC)N(Cc1ccccc1Cl)C(=O)CCc1ccccc1Cl. The number of nitrogens with zero attached hydrogens (tertiary/aromatic N) is 1. The first-order valence-electron chi connectivity index (χ1n) is 10.4. The normalized spacial score (nSPS) is 12.8. The van der Waals surface area contributed by atoms with Gasteiger partial charge in [0.2, 0.25) is 11.8 Å². The number of rotatable bonds is 10. The Morgan fingerprint density at radius 3 is 2.03 bits per heavy atom. The third kappa shape index (κ3) is 6.75. The molecule has 0 saturated carbocycles. The summed E-state index contributed by atoms with van der Waals surface area (Å²) in [5.74, 6) is -0.231. The lowest BCUT2D eigenvalue weighted by molar-refractivity contribution is -0.141. The van der Waals surface area contributed by atoms with Crippen LogP contribution < -0.4 is 5.32 Å². The van der Waals surface area contributed by atoms with Crippen molar-refractivity contribution in [1.82, 2.24) is 10.2 Å². The van der Waals surface area contributed by atoms with Crippen LogP contribution in [0.25, 0.3) is 0 Å². The van der Waals surface area contributed by atoms with Crippen LogP contribution in [-0.4, -0.2) is 28.8 Å². The molecule has 2 atom stereocenters. The molecule has 0 spiro atoms. The number of carbonyl (C=O) groups is 2. The van der Waals surface area contributed by atoms with Gasteiger partial charge < -0.3 is 10.2 Å². The Bertz CT molecular complexity index is 857. The van der Waals surface area contributed by atoms with Crippen LogP contribution in [0.2, 0.25) is 10.0 Å². The number of nitrogens with one attached hydrogen (secondary N) is 1. The van der Waals surface area contributed by atoms with Gasteiger partial charge in [-0.3, -0.25) is 9.59 Å². The minimum Gasteiger partial charge on any atom is -0.352 e. The highest BCUT2D eigenvalue weighted by molar-refractivity contribution is 6.31. The summed E-state index contributed by atoms with van der Waals surface area (Å²) in [5.41, 5.74) is 1.74. The predicted octanol–water partition coefficient (Wildman–Crippen LogP) is 5.65. The summed E-state index contributed by atoms with van der Waals surface area (Å²) in [6.07, 6.45) is 2.12. The predicted molar refractivity (Wildman–Crippen MR) is 124 cm³/mol. The topological polar surface area (TPSA) is 49.4 Å². The van der Waals surface area contributed by atoms with Crippen molar-refractivity contribution in [2.45, 2.75) is 65.1 Å². The van der Waals surface area contributed by atoms with Gasteiger partial charge in [-0.15, -0.1) is 0 Å². The van der Waals surface area contributed by atoms with Gasteiger partial charge in [-0.25, -0.2) is 0 Å². The average Bonchev–Trinajstić information content (AvgIpc) is 2.74. The fraction of sp³-hybridized carbons (Fsp3) is 0.417. The molecule has 1 N–H and O–H groups in total. The zero-order valence-electron chi connectivity index (χ0n) is 17.8. The van der Waals surface area contributed by atoms with E-state index in [2.05, 4.69) is 5.32 Å². The minimum absolute atomic E-state index is 0.0481. The smallest absolute Gasteiger partial charge is 0.243 e. The molecule has 0 aliphatic rings. The van der Waals surface area contributed by atoms with E-state index in [-0.39, 0.29) is 30.8 Å². The van der Waals surface area contributed by atoms with E-state index in [1.54, 1.807) is 11.0 Å². The van der Waals surface area contributed by atoms with Crippen molar-refractivity contribution in [3.05, 3.63) is 69.7 Å². The van der Waals surface area contributed by atoms with Crippen LogP contribution in [0.3, 0.4) is 0 Å². The zero-order chi connectivity index (χ0) is 22.1. The molecule has 0 saturated heterocycles. The molecule has 162 valence electrons. The van der Waals surface area contributed by atoms with Crippen molar-refractivity contribution < 1.29 is 9.59 Å². The van der Waals surface area contributed by atoms with E-state index in [1.165, 1.54) is 0 Å². The standard InChI is InChI=1S/C24H30Cl2N2O2/c1-4-17(3)27-24(30)22(5-2)28(16-19-11-7-9-13-21(19)26)23(29)15-14-18-10-6-8-12-20(18)25/h6-13,17,22H,4-5,14-16H2,1-3H3,(H,27,30)/t17-,22-/m1/s1. The maximum absolute atomic E-state index is 13.3. The molecule has 0 fully saturated rings. The van der Waals surface area contributed by atoms with Gasteiger partial charge in [0, 0.05) is 29.1 Å². The Balaban J connectivity index is 2.24. The maximum atomic E-state index is 13.3. The van der Waals surface area contributed by atoms with Gasteiger partial charge in [-0.2, -0.15) is 0 Å². The Kier molecular flexibility index (Phi) is 9.67.